The summed E-state index contributed by atoms with van der Waals surface area (Å²) in [4.78, 5) is 10.7. The van der Waals surface area contributed by atoms with E-state index in [4.69, 9.17) is 21.2 Å². The molecule has 1 amide bonds. The van der Waals surface area contributed by atoms with Crippen molar-refractivity contribution in [3.05, 3.63) is 29.3 Å². The molecule has 0 aromatic heterocycles. The Kier molecular flexibility index (Phi) is 3.90. The molecule has 0 unspecified atom stereocenters. The lowest BCUT2D eigenvalue weighted by atomic mass is 10.1. The summed E-state index contributed by atoms with van der Waals surface area (Å²) < 4.78 is 27.3. The fourth-order valence-corrected chi connectivity index (χ4v) is 2.35. The minimum atomic E-state index is -3.93. The molecule has 7 heteroatoms. The van der Waals surface area contributed by atoms with E-state index in [0.29, 0.717) is 5.56 Å². The highest BCUT2D eigenvalue weighted by Crippen LogP contribution is 2.22. The van der Waals surface area contributed by atoms with Crippen molar-refractivity contribution in [3.63, 3.8) is 0 Å². The molecule has 1 aromatic carbocycles. The van der Waals surface area contributed by atoms with Crippen LogP contribution < -0.4 is 5.73 Å². The van der Waals surface area contributed by atoms with E-state index in [1.807, 2.05) is 0 Å². The first-order valence-corrected chi connectivity index (χ1v) is 6.53. The lowest BCUT2D eigenvalue weighted by Crippen LogP contribution is -2.12. The number of carbonyl (C=O) groups is 1. The number of amides is 1. The molecule has 0 aliphatic carbocycles. The Balaban J connectivity index is 3.39. The van der Waals surface area contributed by atoms with Crippen LogP contribution in [0.5, 0.6) is 0 Å². The smallest absolute Gasteiger partial charge is 0.261 e. The molecular weight excluding hydrogens is 254 g/mol. The number of rotatable bonds is 4. The van der Waals surface area contributed by atoms with E-state index < -0.39 is 15.0 Å². The van der Waals surface area contributed by atoms with E-state index in [9.17, 15) is 13.2 Å². The number of hydrogen-bond donors (Lipinski definition) is 1. The van der Waals surface area contributed by atoms with Crippen molar-refractivity contribution < 1.29 is 17.9 Å². The molecule has 0 aliphatic rings. The highest BCUT2D eigenvalue weighted by Gasteiger charge is 2.17. The third-order valence-electron chi connectivity index (χ3n) is 1.91. The summed E-state index contributed by atoms with van der Waals surface area (Å²) >= 11 is 0. The number of hydrogen-bond acceptors (Lipinski definition) is 4. The highest BCUT2D eigenvalue weighted by atomic mass is 35.7. The third-order valence-corrected chi connectivity index (χ3v) is 3.32. The minimum absolute atomic E-state index is 0.0825. The summed E-state index contributed by atoms with van der Waals surface area (Å²) in [6.45, 7) is 0.0837. The molecule has 0 radical (unpaired) electrons. The van der Waals surface area contributed by atoms with Crippen LogP contribution in [0.15, 0.2) is 23.1 Å². The lowest BCUT2D eigenvalue weighted by Gasteiger charge is -2.07. The molecule has 0 heterocycles. The Labute approximate surface area is 97.6 Å². The van der Waals surface area contributed by atoms with Crippen LogP contribution in [0.3, 0.4) is 0 Å². The molecule has 0 aliphatic heterocycles. The van der Waals surface area contributed by atoms with E-state index in [1.54, 1.807) is 0 Å². The van der Waals surface area contributed by atoms with E-state index in [1.165, 1.54) is 19.2 Å². The average Bonchev–Trinajstić information content (AvgIpc) is 2.16. The first-order valence-electron chi connectivity index (χ1n) is 4.22. The van der Waals surface area contributed by atoms with Gasteiger partial charge in [-0.05, 0) is 17.7 Å². The lowest BCUT2D eigenvalue weighted by molar-refractivity contribution is 0.1000. The van der Waals surface area contributed by atoms with E-state index >= 15 is 0 Å². The maximum Gasteiger partial charge on any atom is 0.261 e. The molecular formula is C9H10ClNO4S. The molecule has 5 nitrogen and oxygen atoms in total. The predicted octanol–water partition coefficient (Wildman–Crippen LogP) is 0.859. The normalized spacial score (nSPS) is 11.4. The summed E-state index contributed by atoms with van der Waals surface area (Å²) in [5, 5.41) is 0. The Morgan fingerprint density at radius 3 is 2.56 bits per heavy atom. The van der Waals surface area contributed by atoms with Gasteiger partial charge in [0.25, 0.3) is 9.05 Å². The second kappa shape index (κ2) is 4.82. The molecule has 0 spiro atoms. The van der Waals surface area contributed by atoms with Gasteiger partial charge in [-0.2, -0.15) is 0 Å². The van der Waals surface area contributed by atoms with E-state index in [-0.39, 0.29) is 17.1 Å². The summed E-state index contributed by atoms with van der Waals surface area (Å²) in [6.07, 6.45) is 0. The standard InChI is InChI=1S/C9H10ClNO4S/c1-15-5-7-3-2-6(9(11)12)4-8(7)16(10,13)14/h2-4H,5H2,1H3,(H2,11,12). The van der Waals surface area contributed by atoms with Crippen molar-refractivity contribution in [1.82, 2.24) is 0 Å². The van der Waals surface area contributed by atoms with Crippen LogP contribution in [0.2, 0.25) is 0 Å². The van der Waals surface area contributed by atoms with Crippen LogP contribution in [-0.4, -0.2) is 21.4 Å². The van der Waals surface area contributed by atoms with Crippen molar-refractivity contribution in [2.45, 2.75) is 11.5 Å². The summed E-state index contributed by atoms with van der Waals surface area (Å²) in [5.41, 5.74) is 5.50. The Hall–Kier alpha value is -1.11. The minimum Gasteiger partial charge on any atom is -0.380 e. The Morgan fingerprint density at radius 1 is 1.50 bits per heavy atom. The van der Waals surface area contributed by atoms with Gasteiger partial charge in [0.15, 0.2) is 0 Å². The van der Waals surface area contributed by atoms with Crippen molar-refractivity contribution in [1.29, 1.82) is 0 Å². The quantitative estimate of drug-likeness (QED) is 0.816. The monoisotopic (exact) mass is 263 g/mol. The van der Waals surface area contributed by atoms with Gasteiger partial charge in [0.1, 0.15) is 0 Å². The zero-order valence-electron chi connectivity index (χ0n) is 8.44. The summed E-state index contributed by atoms with van der Waals surface area (Å²) in [6, 6.07) is 4.00. The van der Waals surface area contributed by atoms with Crippen LogP contribution in [-0.2, 0) is 20.4 Å². The zero-order valence-corrected chi connectivity index (χ0v) is 10.0. The summed E-state index contributed by atoms with van der Waals surface area (Å²) in [7, 11) is 2.74. The van der Waals surface area contributed by atoms with Crippen LogP contribution in [0.1, 0.15) is 15.9 Å². The number of primary amides is 1. The van der Waals surface area contributed by atoms with Gasteiger partial charge in [0.05, 0.1) is 11.5 Å². The van der Waals surface area contributed by atoms with Crippen molar-refractivity contribution >= 4 is 25.6 Å². The topological polar surface area (TPSA) is 86.5 Å². The van der Waals surface area contributed by atoms with Gasteiger partial charge in [-0.1, -0.05) is 6.07 Å². The SMILES string of the molecule is COCc1ccc(C(N)=O)cc1S(=O)(=O)Cl. The van der Waals surface area contributed by atoms with Crippen LogP contribution in [0.25, 0.3) is 0 Å². The molecule has 1 rings (SSSR count). The zero-order chi connectivity index (χ0) is 12.3. The fourth-order valence-electron chi connectivity index (χ4n) is 1.21. The van der Waals surface area contributed by atoms with Gasteiger partial charge in [-0.25, -0.2) is 8.42 Å². The molecule has 88 valence electrons. The number of benzene rings is 1. The van der Waals surface area contributed by atoms with Crippen LogP contribution in [0, 0.1) is 0 Å². The second-order valence-electron chi connectivity index (χ2n) is 3.06. The molecule has 0 fully saturated rings. The number of methoxy groups -OCH3 is 1. The third kappa shape index (κ3) is 2.94. The highest BCUT2D eigenvalue weighted by molar-refractivity contribution is 8.13. The van der Waals surface area contributed by atoms with Gasteiger partial charge >= 0.3 is 0 Å². The summed E-state index contributed by atoms with van der Waals surface area (Å²) in [5.74, 6) is -0.717. The number of halogens is 1. The van der Waals surface area contributed by atoms with Crippen LogP contribution in [0.4, 0.5) is 0 Å². The molecule has 0 saturated heterocycles. The average molecular weight is 264 g/mol. The largest absolute Gasteiger partial charge is 0.380 e. The predicted molar refractivity (Wildman–Crippen MR) is 58.7 cm³/mol. The van der Waals surface area contributed by atoms with Crippen LogP contribution >= 0.6 is 10.7 Å². The fraction of sp³-hybridized carbons (Fsp3) is 0.222. The molecule has 0 bridgehead atoms. The van der Waals surface area contributed by atoms with Gasteiger partial charge < -0.3 is 10.5 Å². The molecule has 2 N–H and O–H groups in total. The Bertz CT molecular complexity index is 512. The number of carbonyl (C=O) groups excluding carboxylic acids is 1. The second-order valence-corrected chi connectivity index (χ2v) is 5.59. The van der Waals surface area contributed by atoms with E-state index in [2.05, 4.69) is 0 Å². The van der Waals surface area contributed by atoms with Crippen molar-refractivity contribution in [3.8, 4) is 0 Å². The molecule has 16 heavy (non-hydrogen) atoms. The van der Waals surface area contributed by atoms with Gasteiger partial charge in [0.2, 0.25) is 5.91 Å². The number of ether oxygens (including phenoxy) is 1. The molecule has 1 aromatic rings. The van der Waals surface area contributed by atoms with Crippen molar-refractivity contribution in [2.24, 2.45) is 5.73 Å². The first kappa shape index (κ1) is 13.0. The Morgan fingerprint density at radius 2 is 2.12 bits per heavy atom. The van der Waals surface area contributed by atoms with Gasteiger partial charge in [-0.15, -0.1) is 0 Å². The molecule has 0 saturated carbocycles. The maximum atomic E-state index is 11.3. The van der Waals surface area contributed by atoms with Gasteiger partial charge in [0, 0.05) is 23.4 Å². The van der Waals surface area contributed by atoms with Gasteiger partial charge in [-0.3, -0.25) is 4.79 Å². The maximum absolute atomic E-state index is 11.3. The number of nitrogens with two attached hydrogens (primary N) is 1. The van der Waals surface area contributed by atoms with E-state index in [0.717, 1.165) is 6.07 Å². The molecule has 0 atom stereocenters. The van der Waals surface area contributed by atoms with Crippen molar-refractivity contribution in [2.75, 3.05) is 7.11 Å². The first-order chi connectivity index (χ1) is 7.36.